The van der Waals surface area contributed by atoms with E-state index in [0.29, 0.717) is 25.3 Å². The molecule has 6 nitrogen and oxygen atoms in total. The third kappa shape index (κ3) is 3.56. The molecule has 1 saturated heterocycles. The Morgan fingerprint density at radius 1 is 1.60 bits per heavy atom. The topological polar surface area (TPSA) is 87.8 Å². The van der Waals surface area contributed by atoms with E-state index in [1.807, 2.05) is 6.07 Å². The molecule has 110 valence electrons. The van der Waals surface area contributed by atoms with Crippen LogP contribution in [0.1, 0.15) is 15.9 Å². The van der Waals surface area contributed by atoms with Gasteiger partial charge in [-0.15, -0.1) is 0 Å². The molecule has 2 rings (SSSR count). The van der Waals surface area contributed by atoms with Gasteiger partial charge in [-0.2, -0.15) is 0 Å². The van der Waals surface area contributed by atoms with Gasteiger partial charge >= 0.3 is 0 Å². The summed E-state index contributed by atoms with van der Waals surface area (Å²) in [5.41, 5.74) is 3.66. The Balaban J connectivity index is 2.11. The largest absolute Gasteiger partial charge is 0.395 e. The quantitative estimate of drug-likeness (QED) is 0.414. The van der Waals surface area contributed by atoms with Crippen LogP contribution in [0.5, 0.6) is 0 Å². The molecule has 1 aliphatic heterocycles. The standard InChI is InChI=1S/C13H18BrN3O3/c14-12-5-9(13(19)16-15)1-2-10(12)6-17-3-4-20-8-11(17)7-18/h1-2,5,11,18H,3-4,6-8,15H2,(H,16,19). The van der Waals surface area contributed by atoms with E-state index in [2.05, 4.69) is 26.3 Å². The lowest BCUT2D eigenvalue weighted by atomic mass is 10.1. The number of nitrogens with zero attached hydrogens (tertiary/aromatic N) is 1. The average molecular weight is 344 g/mol. The van der Waals surface area contributed by atoms with Gasteiger partial charge in [0.25, 0.3) is 5.91 Å². The van der Waals surface area contributed by atoms with Crippen LogP contribution in [0.2, 0.25) is 0 Å². The van der Waals surface area contributed by atoms with Gasteiger partial charge in [-0.05, 0) is 17.7 Å². The normalized spacial score (nSPS) is 19.9. The van der Waals surface area contributed by atoms with Crippen molar-refractivity contribution in [1.82, 2.24) is 10.3 Å². The van der Waals surface area contributed by atoms with Crippen LogP contribution in [0.15, 0.2) is 22.7 Å². The van der Waals surface area contributed by atoms with Crippen LogP contribution in [-0.2, 0) is 11.3 Å². The highest BCUT2D eigenvalue weighted by Crippen LogP contribution is 2.22. The second-order valence-corrected chi connectivity index (χ2v) is 5.52. The Bertz CT molecular complexity index is 484. The summed E-state index contributed by atoms with van der Waals surface area (Å²) in [6, 6.07) is 5.38. The first-order valence-electron chi connectivity index (χ1n) is 6.37. The highest BCUT2D eigenvalue weighted by Gasteiger charge is 2.23. The minimum absolute atomic E-state index is 0.0164. The molecule has 0 aromatic heterocycles. The van der Waals surface area contributed by atoms with Crippen molar-refractivity contribution in [3.8, 4) is 0 Å². The summed E-state index contributed by atoms with van der Waals surface area (Å²) < 4.78 is 6.20. The van der Waals surface area contributed by atoms with Crippen LogP contribution < -0.4 is 11.3 Å². The second kappa shape index (κ2) is 7.14. The Morgan fingerprint density at radius 3 is 3.05 bits per heavy atom. The molecule has 1 aromatic carbocycles. The minimum atomic E-state index is -0.322. The van der Waals surface area contributed by atoms with E-state index in [-0.39, 0.29) is 18.6 Å². The SMILES string of the molecule is NNC(=O)c1ccc(CN2CCOCC2CO)c(Br)c1. The molecule has 4 N–H and O–H groups in total. The van der Waals surface area contributed by atoms with Crippen LogP contribution in [-0.4, -0.2) is 48.3 Å². The van der Waals surface area contributed by atoms with Gasteiger partial charge in [0.1, 0.15) is 0 Å². The average Bonchev–Trinajstić information content (AvgIpc) is 2.49. The predicted octanol–water partition coefficient (Wildman–Crippen LogP) is 0.246. The molecular formula is C13H18BrN3O3. The van der Waals surface area contributed by atoms with E-state index in [1.165, 1.54) is 0 Å². The number of carbonyl (C=O) groups is 1. The van der Waals surface area contributed by atoms with Crippen molar-refractivity contribution in [3.63, 3.8) is 0 Å². The summed E-state index contributed by atoms with van der Waals surface area (Å²) in [6.07, 6.45) is 0. The van der Waals surface area contributed by atoms with Crippen molar-refractivity contribution in [1.29, 1.82) is 0 Å². The number of hydrogen-bond donors (Lipinski definition) is 3. The predicted molar refractivity (Wildman–Crippen MR) is 77.9 cm³/mol. The molecular weight excluding hydrogens is 326 g/mol. The van der Waals surface area contributed by atoms with Crippen molar-refractivity contribution < 1.29 is 14.6 Å². The first-order valence-corrected chi connectivity index (χ1v) is 7.17. The zero-order chi connectivity index (χ0) is 14.5. The number of halogens is 1. The molecule has 0 spiro atoms. The molecule has 1 aromatic rings. The summed E-state index contributed by atoms with van der Waals surface area (Å²) in [5, 5.41) is 9.36. The van der Waals surface area contributed by atoms with Gasteiger partial charge in [0.15, 0.2) is 0 Å². The first-order chi connectivity index (χ1) is 9.65. The van der Waals surface area contributed by atoms with Crippen LogP contribution in [0.25, 0.3) is 0 Å². The van der Waals surface area contributed by atoms with Gasteiger partial charge in [0, 0.05) is 23.1 Å². The maximum atomic E-state index is 11.4. The third-order valence-corrected chi connectivity index (χ3v) is 4.12. The lowest BCUT2D eigenvalue weighted by Gasteiger charge is -2.34. The first kappa shape index (κ1) is 15.4. The number of aliphatic hydroxyl groups excluding tert-OH is 1. The lowest BCUT2D eigenvalue weighted by molar-refractivity contribution is -0.0313. The van der Waals surface area contributed by atoms with Gasteiger partial charge in [-0.3, -0.25) is 15.1 Å². The maximum Gasteiger partial charge on any atom is 0.265 e. The van der Waals surface area contributed by atoms with Gasteiger partial charge in [-0.1, -0.05) is 22.0 Å². The van der Waals surface area contributed by atoms with E-state index in [4.69, 9.17) is 10.6 Å². The Hall–Kier alpha value is -0.990. The highest BCUT2D eigenvalue weighted by atomic mass is 79.9. The fourth-order valence-corrected chi connectivity index (χ4v) is 2.69. The number of hydrazine groups is 1. The molecule has 0 bridgehead atoms. The summed E-state index contributed by atoms with van der Waals surface area (Å²) in [6.45, 7) is 2.76. The van der Waals surface area contributed by atoms with E-state index in [9.17, 15) is 9.90 Å². The smallest absolute Gasteiger partial charge is 0.265 e. The van der Waals surface area contributed by atoms with Gasteiger partial charge in [0.05, 0.1) is 25.9 Å². The number of amides is 1. The maximum absolute atomic E-state index is 11.4. The summed E-state index contributed by atoms with van der Waals surface area (Å²) in [5.74, 6) is 4.79. The molecule has 0 aliphatic carbocycles. The number of rotatable bonds is 4. The molecule has 1 aliphatic rings. The van der Waals surface area contributed by atoms with E-state index < -0.39 is 0 Å². The van der Waals surface area contributed by atoms with Gasteiger partial charge < -0.3 is 9.84 Å². The summed E-state index contributed by atoms with van der Waals surface area (Å²) >= 11 is 3.47. The van der Waals surface area contributed by atoms with E-state index >= 15 is 0 Å². The zero-order valence-corrected chi connectivity index (χ0v) is 12.6. The highest BCUT2D eigenvalue weighted by molar-refractivity contribution is 9.10. The van der Waals surface area contributed by atoms with E-state index in [0.717, 1.165) is 16.6 Å². The number of nitrogen functional groups attached to an aromatic ring is 1. The number of aliphatic hydroxyl groups is 1. The Morgan fingerprint density at radius 2 is 2.40 bits per heavy atom. The number of ether oxygens (including phenoxy) is 1. The van der Waals surface area contributed by atoms with Crippen molar-refractivity contribution in [3.05, 3.63) is 33.8 Å². The van der Waals surface area contributed by atoms with E-state index in [1.54, 1.807) is 12.1 Å². The fraction of sp³-hybridized carbons (Fsp3) is 0.462. The lowest BCUT2D eigenvalue weighted by Crippen LogP contribution is -2.46. The summed E-state index contributed by atoms with van der Waals surface area (Å²) in [7, 11) is 0. The monoisotopic (exact) mass is 343 g/mol. The van der Waals surface area contributed by atoms with Crippen LogP contribution in [0.3, 0.4) is 0 Å². The Labute approximate surface area is 126 Å². The number of morpholine rings is 1. The van der Waals surface area contributed by atoms with Crippen LogP contribution >= 0.6 is 15.9 Å². The molecule has 1 amide bonds. The molecule has 1 unspecified atom stereocenters. The molecule has 7 heteroatoms. The third-order valence-electron chi connectivity index (χ3n) is 3.38. The van der Waals surface area contributed by atoms with Crippen LogP contribution in [0.4, 0.5) is 0 Å². The summed E-state index contributed by atoms with van der Waals surface area (Å²) in [4.78, 5) is 13.6. The fourth-order valence-electron chi connectivity index (χ4n) is 2.18. The van der Waals surface area contributed by atoms with Gasteiger partial charge in [0.2, 0.25) is 0 Å². The van der Waals surface area contributed by atoms with Crippen LogP contribution in [0, 0.1) is 0 Å². The Kier molecular flexibility index (Phi) is 5.50. The molecule has 1 fully saturated rings. The van der Waals surface area contributed by atoms with Crippen molar-refractivity contribution in [2.75, 3.05) is 26.4 Å². The van der Waals surface area contributed by atoms with Crippen molar-refractivity contribution in [2.24, 2.45) is 5.84 Å². The molecule has 0 radical (unpaired) electrons. The second-order valence-electron chi connectivity index (χ2n) is 4.66. The molecule has 1 heterocycles. The number of nitrogens with two attached hydrogens (primary N) is 1. The zero-order valence-electron chi connectivity index (χ0n) is 11.0. The number of nitrogens with one attached hydrogen (secondary N) is 1. The molecule has 1 atom stereocenters. The molecule has 0 saturated carbocycles. The van der Waals surface area contributed by atoms with Gasteiger partial charge in [-0.25, -0.2) is 5.84 Å². The molecule has 20 heavy (non-hydrogen) atoms. The van der Waals surface area contributed by atoms with Crippen molar-refractivity contribution in [2.45, 2.75) is 12.6 Å². The number of benzene rings is 1. The number of carbonyl (C=O) groups excluding carboxylic acids is 1. The minimum Gasteiger partial charge on any atom is -0.395 e. The number of hydrogen-bond acceptors (Lipinski definition) is 5. The van der Waals surface area contributed by atoms with Crippen molar-refractivity contribution >= 4 is 21.8 Å².